The molecule has 3 aromatic carbocycles. The third-order valence-electron chi connectivity index (χ3n) is 5.81. The van der Waals surface area contributed by atoms with Crippen molar-refractivity contribution < 1.29 is 27.6 Å². The van der Waals surface area contributed by atoms with Gasteiger partial charge in [-0.1, -0.05) is 59.4 Å². The van der Waals surface area contributed by atoms with Gasteiger partial charge in [0.1, 0.15) is 12.4 Å². The van der Waals surface area contributed by atoms with E-state index in [1.54, 1.807) is 73.7 Å². The highest BCUT2D eigenvalue weighted by Crippen LogP contribution is 2.24. The second kappa shape index (κ2) is 12.1. The van der Waals surface area contributed by atoms with E-state index in [9.17, 15) is 18.0 Å². The molecule has 0 aliphatic carbocycles. The zero-order chi connectivity index (χ0) is 27.1. The lowest BCUT2D eigenvalue weighted by Crippen LogP contribution is -2.26. The average molecular weight is 554 g/mol. The topological polar surface area (TPSA) is 114 Å². The molecule has 198 valence electrons. The summed E-state index contributed by atoms with van der Waals surface area (Å²) < 4.78 is 32.5. The first kappa shape index (κ1) is 27.2. The SMILES string of the molecule is C/C(=N/OCCOc1ccc(CC2SC(=O)NC2=O)cc1)c1ccc(N(C)S(=O)(=O)c2ccccc2)cc1. The lowest BCUT2D eigenvalue weighted by atomic mass is 10.1. The van der Waals surface area contributed by atoms with Crippen molar-refractivity contribution in [1.82, 2.24) is 5.32 Å². The van der Waals surface area contributed by atoms with Crippen LogP contribution < -0.4 is 14.4 Å². The Morgan fingerprint density at radius 2 is 1.66 bits per heavy atom. The van der Waals surface area contributed by atoms with Crippen molar-refractivity contribution in [2.45, 2.75) is 23.5 Å². The van der Waals surface area contributed by atoms with Crippen LogP contribution in [0.25, 0.3) is 0 Å². The first-order valence-electron chi connectivity index (χ1n) is 11.8. The molecule has 0 aromatic heterocycles. The number of imide groups is 1. The van der Waals surface area contributed by atoms with Gasteiger partial charge in [0.25, 0.3) is 15.3 Å². The molecule has 1 N–H and O–H groups in total. The van der Waals surface area contributed by atoms with Crippen molar-refractivity contribution in [2.75, 3.05) is 24.6 Å². The molecule has 4 rings (SSSR count). The number of hydrogen-bond acceptors (Lipinski definition) is 8. The Labute approximate surface area is 225 Å². The predicted molar refractivity (Wildman–Crippen MR) is 147 cm³/mol. The Hall–Kier alpha value is -3.83. The van der Waals surface area contributed by atoms with Crippen LogP contribution in [0.4, 0.5) is 10.5 Å². The summed E-state index contributed by atoms with van der Waals surface area (Å²) in [6, 6.07) is 22.6. The average Bonchev–Trinajstić information content (AvgIpc) is 3.25. The third kappa shape index (κ3) is 6.73. The van der Waals surface area contributed by atoms with Gasteiger partial charge in [0, 0.05) is 7.05 Å². The number of nitrogens with one attached hydrogen (secondary N) is 1. The Morgan fingerprint density at radius 1 is 0.974 bits per heavy atom. The number of amides is 2. The van der Waals surface area contributed by atoms with Crippen molar-refractivity contribution in [3.05, 3.63) is 90.0 Å². The van der Waals surface area contributed by atoms with E-state index >= 15 is 0 Å². The number of carbonyl (C=O) groups excluding carboxylic acids is 2. The van der Waals surface area contributed by atoms with Gasteiger partial charge in [-0.2, -0.15) is 0 Å². The van der Waals surface area contributed by atoms with E-state index < -0.39 is 15.3 Å². The molecule has 1 unspecified atom stereocenters. The quantitative estimate of drug-likeness (QED) is 0.215. The summed E-state index contributed by atoms with van der Waals surface area (Å²) in [5.74, 6) is 0.399. The number of carbonyl (C=O) groups is 2. The van der Waals surface area contributed by atoms with Crippen LogP contribution in [0.1, 0.15) is 18.1 Å². The van der Waals surface area contributed by atoms with Gasteiger partial charge in [0.05, 0.1) is 21.5 Å². The van der Waals surface area contributed by atoms with Gasteiger partial charge >= 0.3 is 0 Å². The van der Waals surface area contributed by atoms with Crippen LogP contribution in [0.3, 0.4) is 0 Å². The van der Waals surface area contributed by atoms with E-state index in [-0.39, 0.29) is 29.3 Å². The van der Waals surface area contributed by atoms with Gasteiger partial charge < -0.3 is 9.57 Å². The Morgan fingerprint density at radius 3 is 2.29 bits per heavy atom. The maximum absolute atomic E-state index is 12.8. The second-order valence-electron chi connectivity index (χ2n) is 8.42. The van der Waals surface area contributed by atoms with Crippen molar-refractivity contribution in [1.29, 1.82) is 0 Å². The number of oxime groups is 1. The summed E-state index contributed by atoms with van der Waals surface area (Å²) >= 11 is 1.01. The van der Waals surface area contributed by atoms with E-state index in [4.69, 9.17) is 9.57 Å². The maximum Gasteiger partial charge on any atom is 0.286 e. The molecule has 1 atom stereocenters. The fourth-order valence-electron chi connectivity index (χ4n) is 3.66. The van der Waals surface area contributed by atoms with Crippen molar-refractivity contribution in [3.63, 3.8) is 0 Å². The highest BCUT2D eigenvalue weighted by atomic mass is 32.2. The lowest BCUT2D eigenvalue weighted by Gasteiger charge is -2.19. The molecule has 38 heavy (non-hydrogen) atoms. The number of nitrogens with zero attached hydrogens (tertiary/aromatic N) is 2. The molecule has 1 aliphatic heterocycles. The summed E-state index contributed by atoms with van der Waals surface area (Å²) in [5.41, 5.74) is 2.91. The highest BCUT2D eigenvalue weighted by Gasteiger charge is 2.31. The van der Waals surface area contributed by atoms with Crippen molar-refractivity contribution in [3.8, 4) is 5.75 Å². The minimum Gasteiger partial charge on any atom is -0.490 e. The normalized spacial score (nSPS) is 15.7. The number of benzene rings is 3. The fraction of sp³-hybridized carbons (Fsp3) is 0.222. The number of ether oxygens (including phenoxy) is 1. The second-order valence-corrected chi connectivity index (χ2v) is 11.6. The molecular formula is C27H27N3O6S2. The molecule has 9 nitrogen and oxygen atoms in total. The number of sulfonamides is 1. The molecule has 1 saturated heterocycles. The number of thioether (sulfide) groups is 1. The first-order chi connectivity index (χ1) is 18.2. The Kier molecular flexibility index (Phi) is 8.70. The summed E-state index contributed by atoms with van der Waals surface area (Å²) in [5, 5.41) is 5.70. The fourth-order valence-corrected chi connectivity index (χ4v) is 5.73. The first-order valence-corrected chi connectivity index (χ1v) is 14.1. The van der Waals surface area contributed by atoms with Crippen LogP contribution >= 0.6 is 11.8 Å². The van der Waals surface area contributed by atoms with Gasteiger partial charge in [0.2, 0.25) is 5.91 Å². The summed E-state index contributed by atoms with van der Waals surface area (Å²) in [4.78, 5) is 28.6. The minimum absolute atomic E-state index is 0.228. The zero-order valence-corrected chi connectivity index (χ0v) is 22.5. The summed E-state index contributed by atoms with van der Waals surface area (Å²) in [6.45, 7) is 2.32. The maximum atomic E-state index is 12.8. The molecule has 3 aromatic rings. The molecule has 0 radical (unpaired) electrons. The summed E-state index contributed by atoms with van der Waals surface area (Å²) in [7, 11) is -2.13. The lowest BCUT2D eigenvalue weighted by molar-refractivity contribution is -0.118. The number of anilines is 1. The number of rotatable bonds is 11. The molecular weight excluding hydrogens is 526 g/mol. The van der Waals surface area contributed by atoms with Crippen LogP contribution in [0, 0.1) is 0 Å². The third-order valence-corrected chi connectivity index (χ3v) is 8.59. The van der Waals surface area contributed by atoms with E-state index in [0.29, 0.717) is 23.6 Å². The summed E-state index contributed by atoms with van der Waals surface area (Å²) in [6.07, 6.45) is 0.472. The largest absolute Gasteiger partial charge is 0.490 e. The van der Waals surface area contributed by atoms with E-state index in [1.165, 1.54) is 11.4 Å². The molecule has 1 aliphatic rings. The van der Waals surface area contributed by atoms with Crippen LogP contribution in [-0.4, -0.2) is 50.8 Å². The van der Waals surface area contributed by atoms with Crippen LogP contribution in [-0.2, 0) is 26.1 Å². The molecule has 2 amide bonds. The molecule has 1 fully saturated rings. The van der Waals surface area contributed by atoms with Gasteiger partial charge in [-0.25, -0.2) is 8.42 Å². The molecule has 1 heterocycles. The van der Waals surface area contributed by atoms with Crippen molar-refractivity contribution >= 4 is 44.3 Å². The van der Waals surface area contributed by atoms with Crippen LogP contribution in [0.2, 0.25) is 0 Å². The van der Waals surface area contributed by atoms with Crippen LogP contribution in [0.5, 0.6) is 5.75 Å². The Balaban J connectivity index is 1.23. The number of hydrogen-bond donors (Lipinski definition) is 1. The minimum atomic E-state index is -3.65. The van der Waals surface area contributed by atoms with E-state index in [1.807, 2.05) is 12.1 Å². The van der Waals surface area contributed by atoms with Gasteiger partial charge in [-0.3, -0.25) is 19.2 Å². The molecule has 11 heteroatoms. The highest BCUT2D eigenvalue weighted by molar-refractivity contribution is 8.15. The molecule has 0 spiro atoms. The monoisotopic (exact) mass is 553 g/mol. The van der Waals surface area contributed by atoms with Gasteiger partial charge in [-0.15, -0.1) is 0 Å². The van der Waals surface area contributed by atoms with Crippen molar-refractivity contribution in [2.24, 2.45) is 5.16 Å². The smallest absolute Gasteiger partial charge is 0.286 e. The van der Waals surface area contributed by atoms with Gasteiger partial charge in [0.15, 0.2) is 6.61 Å². The molecule has 0 saturated carbocycles. The Bertz CT molecular complexity index is 1410. The molecule has 0 bridgehead atoms. The standard InChI is InChI=1S/C27H27N3O6S2/c1-19(21-10-12-22(13-11-21)30(2)38(33,34)24-6-4-3-5-7-24)29-36-17-16-35-23-14-8-20(9-15-23)18-25-26(31)28-27(32)37-25/h3-15,25H,16-18H2,1-2H3,(H,28,31,32)/b29-19-. The predicted octanol–water partition coefficient (Wildman–Crippen LogP) is 4.23. The van der Waals surface area contributed by atoms with Gasteiger partial charge in [-0.05, 0) is 60.9 Å². The van der Waals surface area contributed by atoms with E-state index in [2.05, 4.69) is 10.5 Å². The van der Waals surface area contributed by atoms with E-state index in [0.717, 1.165) is 22.9 Å². The zero-order valence-electron chi connectivity index (χ0n) is 20.9. The van der Waals surface area contributed by atoms with Crippen LogP contribution in [0.15, 0.2) is 88.9 Å².